The summed E-state index contributed by atoms with van der Waals surface area (Å²) in [5.41, 5.74) is -0.211. The van der Waals surface area contributed by atoms with E-state index in [4.69, 9.17) is 4.74 Å². The quantitative estimate of drug-likeness (QED) is 0.886. The van der Waals surface area contributed by atoms with Crippen LogP contribution in [-0.2, 0) is 10.9 Å². The Labute approximate surface area is 104 Å². The van der Waals surface area contributed by atoms with Crippen LogP contribution in [0, 0.1) is 0 Å². The summed E-state index contributed by atoms with van der Waals surface area (Å²) >= 11 is 0. The zero-order valence-electron chi connectivity index (χ0n) is 10.6. The van der Waals surface area contributed by atoms with Crippen LogP contribution in [0.25, 0.3) is 0 Å². The highest BCUT2D eigenvalue weighted by atomic mass is 19.4. The molecule has 3 nitrogen and oxygen atoms in total. The summed E-state index contributed by atoms with van der Waals surface area (Å²) in [5.74, 6) is 0. The van der Waals surface area contributed by atoms with E-state index in [2.05, 4.69) is 10.3 Å². The third-order valence-corrected chi connectivity index (χ3v) is 2.42. The summed E-state index contributed by atoms with van der Waals surface area (Å²) in [6, 6.07) is 2.19. The Kier molecular flexibility index (Phi) is 5.10. The Morgan fingerprint density at radius 2 is 2.00 bits per heavy atom. The number of aromatic nitrogens is 1. The molecule has 1 aromatic heterocycles. The molecule has 0 spiro atoms. The summed E-state index contributed by atoms with van der Waals surface area (Å²) in [6.07, 6.45) is -3.44. The minimum absolute atomic E-state index is 0.0651. The zero-order valence-corrected chi connectivity index (χ0v) is 10.6. The van der Waals surface area contributed by atoms with E-state index in [1.165, 1.54) is 6.07 Å². The van der Waals surface area contributed by atoms with Crippen LogP contribution in [0.1, 0.15) is 31.1 Å². The molecule has 1 rings (SSSR count). The van der Waals surface area contributed by atoms with E-state index >= 15 is 0 Å². The maximum absolute atomic E-state index is 12.4. The average molecular weight is 262 g/mol. The lowest BCUT2D eigenvalue weighted by atomic mass is 10.1. The van der Waals surface area contributed by atoms with Crippen LogP contribution < -0.4 is 5.32 Å². The van der Waals surface area contributed by atoms with Gasteiger partial charge in [0.15, 0.2) is 0 Å². The van der Waals surface area contributed by atoms with Crippen LogP contribution >= 0.6 is 0 Å². The molecule has 1 atom stereocenters. The van der Waals surface area contributed by atoms with Crippen molar-refractivity contribution in [1.29, 1.82) is 0 Å². The molecule has 0 aliphatic heterocycles. The fraction of sp³-hybridized carbons (Fsp3) is 0.583. The molecule has 0 amide bonds. The molecule has 1 heterocycles. The fourth-order valence-corrected chi connectivity index (χ4v) is 1.38. The van der Waals surface area contributed by atoms with Crippen molar-refractivity contribution in [3.05, 3.63) is 29.6 Å². The lowest BCUT2D eigenvalue weighted by Gasteiger charge is -2.18. The van der Waals surface area contributed by atoms with Crippen LogP contribution in [0.4, 0.5) is 13.2 Å². The van der Waals surface area contributed by atoms with Gasteiger partial charge in [0.25, 0.3) is 0 Å². The highest BCUT2D eigenvalue weighted by molar-refractivity contribution is 5.19. The smallest absolute Gasteiger partial charge is 0.377 e. The normalized spacial score (nSPS) is 13.9. The topological polar surface area (TPSA) is 34.1 Å². The monoisotopic (exact) mass is 262 g/mol. The molecular formula is C12H17F3N2O. The molecular weight excluding hydrogens is 245 g/mol. The van der Waals surface area contributed by atoms with E-state index < -0.39 is 11.7 Å². The lowest BCUT2D eigenvalue weighted by molar-refractivity contribution is -0.137. The molecule has 0 aromatic carbocycles. The van der Waals surface area contributed by atoms with Gasteiger partial charge in [0.05, 0.1) is 30.0 Å². The van der Waals surface area contributed by atoms with Crippen LogP contribution in [0.3, 0.4) is 0 Å². The number of rotatable bonds is 5. The number of nitrogens with zero attached hydrogens (tertiary/aromatic N) is 1. The SMILES string of the molecule is CNC(COC(C)C)c1ccc(C(F)(F)F)cn1. The molecule has 18 heavy (non-hydrogen) atoms. The molecule has 0 aliphatic rings. The third-order valence-electron chi connectivity index (χ3n) is 2.42. The Bertz CT molecular complexity index is 363. The van der Waals surface area contributed by atoms with Gasteiger partial charge in [-0.2, -0.15) is 13.2 Å². The number of hydrogen-bond donors (Lipinski definition) is 1. The van der Waals surface area contributed by atoms with E-state index in [9.17, 15) is 13.2 Å². The van der Waals surface area contributed by atoms with Gasteiger partial charge in [-0.1, -0.05) is 0 Å². The van der Waals surface area contributed by atoms with Crippen molar-refractivity contribution in [2.75, 3.05) is 13.7 Å². The molecule has 1 unspecified atom stereocenters. The van der Waals surface area contributed by atoms with Gasteiger partial charge in [0, 0.05) is 6.20 Å². The maximum atomic E-state index is 12.4. The first-order valence-electron chi connectivity index (χ1n) is 5.66. The molecule has 1 aromatic rings. The number of ether oxygens (including phenoxy) is 1. The molecule has 0 bridgehead atoms. The highest BCUT2D eigenvalue weighted by Crippen LogP contribution is 2.28. The maximum Gasteiger partial charge on any atom is 0.417 e. The number of halogens is 3. The minimum Gasteiger partial charge on any atom is -0.377 e. The van der Waals surface area contributed by atoms with Crippen molar-refractivity contribution in [3.8, 4) is 0 Å². The van der Waals surface area contributed by atoms with Gasteiger partial charge in [0.1, 0.15) is 0 Å². The predicted molar refractivity (Wildman–Crippen MR) is 62.1 cm³/mol. The van der Waals surface area contributed by atoms with Crippen LogP contribution in [0.5, 0.6) is 0 Å². The zero-order chi connectivity index (χ0) is 13.8. The Hall–Kier alpha value is -1.14. The van der Waals surface area contributed by atoms with Crippen molar-refractivity contribution < 1.29 is 17.9 Å². The molecule has 6 heteroatoms. The summed E-state index contributed by atoms with van der Waals surface area (Å²) in [7, 11) is 1.72. The first-order valence-corrected chi connectivity index (χ1v) is 5.66. The predicted octanol–water partition coefficient (Wildman–Crippen LogP) is 2.79. The van der Waals surface area contributed by atoms with E-state index in [1.807, 2.05) is 13.8 Å². The van der Waals surface area contributed by atoms with Crippen molar-refractivity contribution in [2.24, 2.45) is 0 Å². The summed E-state index contributed by atoms with van der Waals surface area (Å²) in [4.78, 5) is 3.83. The molecule has 1 N–H and O–H groups in total. The number of pyridine rings is 1. The molecule has 0 fully saturated rings. The van der Waals surface area contributed by atoms with Gasteiger partial charge in [-0.05, 0) is 33.0 Å². The molecule has 102 valence electrons. The Balaban J connectivity index is 2.76. The number of nitrogens with one attached hydrogen (secondary N) is 1. The molecule has 0 saturated heterocycles. The van der Waals surface area contributed by atoms with E-state index in [-0.39, 0.29) is 12.1 Å². The van der Waals surface area contributed by atoms with Crippen molar-refractivity contribution in [3.63, 3.8) is 0 Å². The van der Waals surface area contributed by atoms with Crippen molar-refractivity contribution in [1.82, 2.24) is 10.3 Å². The van der Waals surface area contributed by atoms with Crippen LogP contribution in [0.2, 0.25) is 0 Å². The van der Waals surface area contributed by atoms with E-state index in [1.54, 1.807) is 7.05 Å². The highest BCUT2D eigenvalue weighted by Gasteiger charge is 2.30. The molecule has 0 radical (unpaired) electrons. The van der Waals surface area contributed by atoms with Gasteiger partial charge in [0.2, 0.25) is 0 Å². The van der Waals surface area contributed by atoms with Gasteiger partial charge in [-0.25, -0.2) is 0 Å². The average Bonchev–Trinajstić information content (AvgIpc) is 2.29. The molecule has 0 aliphatic carbocycles. The molecule has 0 saturated carbocycles. The number of hydrogen-bond acceptors (Lipinski definition) is 3. The second kappa shape index (κ2) is 6.15. The standard InChI is InChI=1S/C12H17F3N2O/c1-8(2)18-7-11(16-3)10-5-4-9(6-17-10)12(13,14)15/h4-6,8,11,16H,7H2,1-3H3. The lowest BCUT2D eigenvalue weighted by Crippen LogP contribution is -2.24. The second-order valence-corrected chi connectivity index (χ2v) is 4.19. The Morgan fingerprint density at radius 1 is 1.33 bits per heavy atom. The summed E-state index contributed by atoms with van der Waals surface area (Å²) < 4.78 is 42.6. The van der Waals surface area contributed by atoms with Gasteiger partial charge in [-0.15, -0.1) is 0 Å². The van der Waals surface area contributed by atoms with Gasteiger partial charge >= 0.3 is 6.18 Å². The van der Waals surface area contributed by atoms with Gasteiger partial charge < -0.3 is 10.1 Å². The largest absolute Gasteiger partial charge is 0.417 e. The van der Waals surface area contributed by atoms with Crippen LogP contribution in [-0.4, -0.2) is 24.7 Å². The number of likely N-dealkylation sites (N-methyl/N-ethyl adjacent to an activating group) is 1. The minimum atomic E-state index is -4.35. The van der Waals surface area contributed by atoms with E-state index in [0.717, 1.165) is 12.3 Å². The first-order chi connectivity index (χ1) is 8.34. The van der Waals surface area contributed by atoms with Crippen LogP contribution in [0.15, 0.2) is 18.3 Å². The first kappa shape index (κ1) is 14.9. The Morgan fingerprint density at radius 3 is 2.39 bits per heavy atom. The third kappa shape index (κ3) is 4.27. The van der Waals surface area contributed by atoms with Gasteiger partial charge in [-0.3, -0.25) is 4.98 Å². The summed E-state index contributed by atoms with van der Waals surface area (Å²) in [5, 5.41) is 2.96. The van der Waals surface area contributed by atoms with Crippen molar-refractivity contribution in [2.45, 2.75) is 32.2 Å². The summed E-state index contributed by atoms with van der Waals surface area (Å²) in [6.45, 7) is 4.16. The number of alkyl halides is 3. The van der Waals surface area contributed by atoms with E-state index in [0.29, 0.717) is 12.3 Å². The van der Waals surface area contributed by atoms with Crippen molar-refractivity contribution >= 4 is 0 Å². The second-order valence-electron chi connectivity index (χ2n) is 4.19. The fourth-order valence-electron chi connectivity index (χ4n) is 1.38.